The van der Waals surface area contributed by atoms with Gasteiger partial charge in [-0.3, -0.25) is 13.9 Å². The molecule has 164 valence electrons. The molecule has 32 heavy (non-hydrogen) atoms. The fourth-order valence-electron chi connectivity index (χ4n) is 4.11. The van der Waals surface area contributed by atoms with Gasteiger partial charge in [0.1, 0.15) is 5.82 Å². The van der Waals surface area contributed by atoms with Crippen LogP contribution in [0.2, 0.25) is 0 Å². The van der Waals surface area contributed by atoms with Crippen LogP contribution in [0.5, 0.6) is 0 Å². The third kappa shape index (κ3) is 3.73. The summed E-state index contributed by atoms with van der Waals surface area (Å²) in [6.07, 6.45) is 2.72. The van der Waals surface area contributed by atoms with Gasteiger partial charge in [0.15, 0.2) is 11.2 Å². The average molecular weight is 429 g/mol. The second-order valence-corrected chi connectivity index (χ2v) is 7.58. The monoisotopic (exact) mass is 428 g/mol. The summed E-state index contributed by atoms with van der Waals surface area (Å²) in [5.41, 5.74) is 3.61. The van der Waals surface area contributed by atoms with Crippen LogP contribution in [0.3, 0.4) is 0 Å². The Labute approximate surface area is 187 Å². The van der Waals surface area contributed by atoms with Gasteiger partial charge in [0.2, 0.25) is 0 Å². The fourth-order valence-corrected chi connectivity index (χ4v) is 4.11. The first-order chi connectivity index (χ1) is 15.7. The number of nitrogens with zero attached hydrogens (tertiary/aromatic N) is 4. The number of hydrogen-bond donors (Lipinski definition) is 0. The van der Waals surface area contributed by atoms with Gasteiger partial charge in [-0.05, 0) is 29.2 Å². The molecule has 4 aromatic rings. The van der Waals surface area contributed by atoms with Crippen LogP contribution in [0.15, 0.2) is 70.3 Å². The predicted molar refractivity (Wildman–Crippen MR) is 130 cm³/mol. The van der Waals surface area contributed by atoms with Crippen molar-refractivity contribution in [3.05, 3.63) is 98.5 Å². The number of aromatic nitrogens is 4. The number of rotatable bonds is 5. The zero-order chi connectivity index (χ0) is 22.7. The van der Waals surface area contributed by atoms with Gasteiger partial charge in [-0.15, -0.1) is 0 Å². The van der Waals surface area contributed by atoms with Crippen LogP contribution in [0.4, 0.5) is 0 Å². The summed E-state index contributed by atoms with van der Waals surface area (Å²) in [6.45, 7) is 7.31. The number of hydrogen-bond acceptors (Lipinski definition) is 3. The van der Waals surface area contributed by atoms with Crippen molar-refractivity contribution in [1.82, 2.24) is 18.7 Å². The molecule has 2 aromatic heterocycles. The van der Waals surface area contributed by atoms with E-state index in [0.717, 1.165) is 22.5 Å². The van der Waals surface area contributed by atoms with Crippen LogP contribution in [-0.4, -0.2) is 18.7 Å². The molecule has 0 bridgehead atoms. The molecule has 0 fully saturated rings. The minimum atomic E-state index is -0.303. The van der Waals surface area contributed by atoms with Gasteiger partial charge in [-0.2, -0.15) is 0 Å². The molecule has 0 N–H and O–H groups in total. The maximum absolute atomic E-state index is 13.3. The molecule has 3 heterocycles. The van der Waals surface area contributed by atoms with Crippen LogP contribution in [-0.2, 0) is 19.6 Å². The second-order valence-electron chi connectivity index (χ2n) is 7.58. The van der Waals surface area contributed by atoms with E-state index in [2.05, 4.69) is 12.1 Å². The topological polar surface area (TPSA) is 61.8 Å². The van der Waals surface area contributed by atoms with Crippen LogP contribution < -0.4 is 11.2 Å². The minimum absolute atomic E-state index is 0.261. The number of imidazole rings is 1. The highest BCUT2D eigenvalue weighted by atomic mass is 16.2. The second kappa shape index (κ2) is 9.22. The van der Waals surface area contributed by atoms with E-state index in [9.17, 15) is 9.59 Å². The van der Waals surface area contributed by atoms with E-state index >= 15 is 0 Å². The highest BCUT2D eigenvalue weighted by Crippen LogP contribution is 2.29. The summed E-state index contributed by atoms with van der Waals surface area (Å²) in [7, 11) is 0. The highest BCUT2D eigenvalue weighted by Gasteiger charge is 2.25. The molecule has 2 aromatic carbocycles. The Hall–Kier alpha value is -3.67. The Bertz CT molecular complexity index is 1380. The third-order valence-electron chi connectivity index (χ3n) is 5.55. The molecule has 0 spiro atoms. The van der Waals surface area contributed by atoms with Gasteiger partial charge < -0.3 is 4.57 Å². The molecule has 0 saturated carbocycles. The zero-order valence-corrected chi connectivity index (χ0v) is 18.8. The van der Waals surface area contributed by atoms with Crippen LogP contribution in [0.1, 0.15) is 44.1 Å². The Morgan fingerprint density at radius 2 is 1.56 bits per heavy atom. The number of allylic oxidation sites excluding steroid dienone is 1. The van der Waals surface area contributed by atoms with Gasteiger partial charge in [0.25, 0.3) is 5.56 Å². The summed E-state index contributed by atoms with van der Waals surface area (Å²) in [4.78, 5) is 31.2. The van der Waals surface area contributed by atoms with E-state index in [1.165, 1.54) is 4.57 Å². The van der Waals surface area contributed by atoms with Crippen molar-refractivity contribution in [2.24, 2.45) is 0 Å². The van der Waals surface area contributed by atoms with Crippen molar-refractivity contribution in [2.75, 3.05) is 0 Å². The minimum Gasteiger partial charge on any atom is -0.314 e. The van der Waals surface area contributed by atoms with Crippen molar-refractivity contribution in [2.45, 2.75) is 46.8 Å². The SMILES string of the molecule is CC.CCCn1c(=O)c2c(nc3n2CC(c2ccccc2)=C3)n(Cc2ccccc2)c1=O. The first kappa shape index (κ1) is 21.6. The number of fused-ring (bicyclic) bond motifs is 3. The quantitative estimate of drug-likeness (QED) is 0.473. The maximum Gasteiger partial charge on any atom is 0.333 e. The average Bonchev–Trinajstić information content (AvgIpc) is 3.40. The summed E-state index contributed by atoms with van der Waals surface area (Å²) in [6, 6.07) is 19.9. The lowest BCUT2D eigenvalue weighted by molar-refractivity contribution is 0.577. The Kier molecular flexibility index (Phi) is 6.21. The zero-order valence-electron chi connectivity index (χ0n) is 18.8. The standard InChI is InChI=1S/C24H22N4O2.C2H6/c1-2-13-26-23(29)21-22(28(24(26)30)15-17-9-5-3-6-10-17)25-20-14-19(16-27(20)21)18-11-7-4-8-12-18;1-2/h3-12,14H,2,13,15-16H2,1H3;1-2H3. The van der Waals surface area contributed by atoms with E-state index in [-0.39, 0.29) is 11.2 Å². The van der Waals surface area contributed by atoms with Crippen molar-refractivity contribution in [3.63, 3.8) is 0 Å². The number of benzene rings is 2. The molecule has 0 saturated heterocycles. The van der Waals surface area contributed by atoms with E-state index < -0.39 is 0 Å². The molecule has 1 aliphatic heterocycles. The van der Waals surface area contributed by atoms with Crippen molar-refractivity contribution < 1.29 is 0 Å². The molecule has 0 amide bonds. The van der Waals surface area contributed by atoms with E-state index in [0.29, 0.717) is 37.2 Å². The van der Waals surface area contributed by atoms with Gasteiger partial charge in [0.05, 0.1) is 13.1 Å². The molecule has 1 aliphatic rings. The van der Waals surface area contributed by atoms with Crippen molar-refractivity contribution >= 4 is 22.8 Å². The molecule has 0 radical (unpaired) electrons. The lowest BCUT2D eigenvalue weighted by Gasteiger charge is -2.12. The third-order valence-corrected chi connectivity index (χ3v) is 5.55. The van der Waals surface area contributed by atoms with Gasteiger partial charge in [0, 0.05) is 6.54 Å². The molecule has 5 rings (SSSR count). The largest absolute Gasteiger partial charge is 0.333 e. The first-order valence-corrected chi connectivity index (χ1v) is 11.2. The van der Waals surface area contributed by atoms with Gasteiger partial charge in [-0.25, -0.2) is 9.78 Å². The maximum atomic E-state index is 13.3. The molecular weight excluding hydrogens is 400 g/mol. The van der Waals surface area contributed by atoms with Crippen molar-refractivity contribution in [3.8, 4) is 0 Å². The first-order valence-electron chi connectivity index (χ1n) is 11.2. The Morgan fingerprint density at radius 1 is 0.906 bits per heavy atom. The summed E-state index contributed by atoms with van der Waals surface area (Å²) < 4.78 is 4.91. The smallest absolute Gasteiger partial charge is 0.314 e. The van der Waals surface area contributed by atoms with E-state index in [1.54, 1.807) is 4.57 Å². The summed E-state index contributed by atoms with van der Waals surface area (Å²) in [5.74, 6) is 0.719. The van der Waals surface area contributed by atoms with Crippen molar-refractivity contribution in [1.29, 1.82) is 0 Å². The molecular formula is C26H28N4O2. The Balaban J connectivity index is 0.00000119. The summed E-state index contributed by atoms with van der Waals surface area (Å²) in [5, 5.41) is 0. The van der Waals surface area contributed by atoms with E-state index in [1.807, 2.05) is 79.9 Å². The predicted octanol–water partition coefficient (Wildman–Crippen LogP) is 4.40. The molecule has 0 aliphatic carbocycles. The molecule has 6 heteroatoms. The highest BCUT2D eigenvalue weighted by molar-refractivity contribution is 5.87. The molecule has 6 nitrogen and oxygen atoms in total. The van der Waals surface area contributed by atoms with Crippen LogP contribution >= 0.6 is 0 Å². The van der Waals surface area contributed by atoms with Gasteiger partial charge >= 0.3 is 5.69 Å². The lowest BCUT2D eigenvalue weighted by atomic mass is 10.1. The molecule has 0 atom stereocenters. The molecule has 0 unspecified atom stereocenters. The van der Waals surface area contributed by atoms with Crippen LogP contribution in [0, 0.1) is 0 Å². The fraction of sp³-hybridized carbons (Fsp3) is 0.269. The normalized spacial score (nSPS) is 12.3. The summed E-state index contributed by atoms with van der Waals surface area (Å²) >= 11 is 0. The van der Waals surface area contributed by atoms with Crippen LogP contribution in [0.25, 0.3) is 22.8 Å². The van der Waals surface area contributed by atoms with E-state index in [4.69, 9.17) is 4.98 Å². The lowest BCUT2D eigenvalue weighted by Crippen LogP contribution is -2.40. The van der Waals surface area contributed by atoms with Gasteiger partial charge in [-0.1, -0.05) is 81.4 Å². The Morgan fingerprint density at radius 3 is 2.22 bits per heavy atom.